The number of nitrogens with one attached hydrogen (secondary N) is 3. The van der Waals surface area contributed by atoms with Crippen molar-refractivity contribution in [2.45, 2.75) is 6.54 Å². The fourth-order valence-corrected chi connectivity index (χ4v) is 2.19. The minimum atomic E-state index is -0.426. The number of benzene rings is 1. The molecule has 0 spiro atoms. The van der Waals surface area contributed by atoms with Crippen molar-refractivity contribution in [3.05, 3.63) is 52.3 Å². The average Bonchev–Trinajstić information content (AvgIpc) is 2.86. The average molecular weight is 286 g/mol. The van der Waals surface area contributed by atoms with Crippen LogP contribution in [0.1, 0.15) is 5.56 Å². The van der Waals surface area contributed by atoms with E-state index in [-0.39, 0.29) is 12.2 Å². The lowest BCUT2D eigenvalue weighted by Crippen LogP contribution is -2.11. The van der Waals surface area contributed by atoms with E-state index in [1.807, 2.05) is 0 Å². The maximum atomic E-state index is 14.0. The summed E-state index contributed by atoms with van der Waals surface area (Å²) >= 11 is 0. The minimum absolute atomic E-state index is 0.127. The van der Waals surface area contributed by atoms with Gasteiger partial charge in [0.05, 0.1) is 5.52 Å². The van der Waals surface area contributed by atoms with Gasteiger partial charge < -0.3 is 10.3 Å². The number of halogens is 1. The quantitative estimate of drug-likeness (QED) is 0.631. The Morgan fingerprint density at radius 2 is 2.14 bits per heavy atom. The number of H-pyrrole nitrogens is 2. The zero-order valence-corrected chi connectivity index (χ0v) is 10.8. The van der Waals surface area contributed by atoms with Gasteiger partial charge >= 0.3 is 5.69 Å². The van der Waals surface area contributed by atoms with Crippen LogP contribution in [0.25, 0.3) is 22.3 Å². The lowest BCUT2D eigenvalue weighted by molar-refractivity contribution is -0.109. The molecule has 106 valence electrons. The van der Waals surface area contributed by atoms with Gasteiger partial charge in [0.25, 0.3) is 0 Å². The number of hydrogen-bond acceptors (Lipinski definition) is 3. The summed E-state index contributed by atoms with van der Waals surface area (Å²) in [6.07, 6.45) is 2.06. The van der Waals surface area contributed by atoms with Gasteiger partial charge in [0, 0.05) is 23.9 Å². The number of aromatic amines is 2. The SMILES string of the molecule is O=CNCc1ccc(-c2ccnc3[nH]c(=O)[nH]c23)cc1F. The molecule has 7 heteroatoms. The first-order valence-corrected chi connectivity index (χ1v) is 6.22. The van der Waals surface area contributed by atoms with E-state index in [4.69, 9.17) is 0 Å². The summed E-state index contributed by atoms with van der Waals surface area (Å²) in [5.41, 5.74) is 2.26. The molecule has 1 aromatic carbocycles. The Morgan fingerprint density at radius 1 is 1.29 bits per heavy atom. The van der Waals surface area contributed by atoms with E-state index in [1.54, 1.807) is 24.4 Å². The molecule has 0 fully saturated rings. The molecule has 0 radical (unpaired) electrons. The van der Waals surface area contributed by atoms with Crippen molar-refractivity contribution in [3.63, 3.8) is 0 Å². The molecule has 6 nitrogen and oxygen atoms in total. The first kappa shape index (κ1) is 13.0. The molecule has 3 N–H and O–H groups in total. The Balaban J connectivity index is 2.08. The lowest BCUT2D eigenvalue weighted by atomic mass is 10.0. The number of nitrogens with zero attached hydrogens (tertiary/aromatic N) is 1. The van der Waals surface area contributed by atoms with Gasteiger partial charge in [-0.1, -0.05) is 12.1 Å². The highest BCUT2D eigenvalue weighted by Gasteiger charge is 2.10. The Bertz CT molecular complexity index is 869. The number of rotatable bonds is 4. The molecule has 0 atom stereocenters. The topological polar surface area (TPSA) is 90.6 Å². The van der Waals surface area contributed by atoms with E-state index >= 15 is 0 Å². The van der Waals surface area contributed by atoms with Gasteiger partial charge in [-0.3, -0.25) is 9.78 Å². The van der Waals surface area contributed by atoms with Crippen LogP contribution in [0.2, 0.25) is 0 Å². The van der Waals surface area contributed by atoms with Gasteiger partial charge in [0.15, 0.2) is 5.65 Å². The molecule has 0 saturated carbocycles. The molecule has 0 aliphatic rings. The molecule has 0 aliphatic heterocycles. The summed E-state index contributed by atoms with van der Waals surface area (Å²) in [4.78, 5) is 30.8. The van der Waals surface area contributed by atoms with Crippen molar-refractivity contribution in [2.75, 3.05) is 0 Å². The summed E-state index contributed by atoms with van der Waals surface area (Å²) in [7, 11) is 0. The fraction of sp³-hybridized carbons (Fsp3) is 0.0714. The number of imidazole rings is 1. The standard InChI is InChI=1S/C14H11FN4O2/c15-11-5-8(1-2-9(11)6-16-7-20)10-3-4-17-13-12(10)18-14(21)19-13/h1-5,7H,6H2,(H,16,20)(H2,17,18,19,21). The Hall–Kier alpha value is -2.96. The smallest absolute Gasteiger partial charge is 0.325 e. The first-order chi connectivity index (χ1) is 10.2. The second-order valence-electron chi connectivity index (χ2n) is 4.47. The van der Waals surface area contributed by atoms with Crippen LogP contribution < -0.4 is 11.0 Å². The van der Waals surface area contributed by atoms with E-state index < -0.39 is 5.82 Å². The molecule has 2 heterocycles. The van der Waals surface area contributed by atoms with Crippen LogP contribution in [-0.4, -0.2) is 21.4 Å². The maximum absolute atomic E-state index is 14.0. The second kappa shape index (κ2) is 5.20. The highest BCUT2D eigenvalue weighted by Crippen LogP contribution is 2.26. The molecule has 0 bridgehead atoms. The highest BCUT2D eigenvalue weighted by molar-refractivity contribution is 5.89. The Morgan fingerprint density at radius 3 is 2.90 bits per heavy atom. The van der Waals surface area contributed by atoms with Crippen molar-refractivity contribution >= 4 is 17.6 Å². The zero-order chi connectivity index (χ0) is 14.8. The molecule has 3 rings (SSSR count). The van der Waals surface area contributed by atoms with E-state index in [9.17, 15) is 14.0 Å². The predicted octanol–water partition coefficient (Wildman–Crippen LogP) is 1.30. The summed E-state index contributed by atoms with van der Waals surface area (Å²) < 4.78 is 14.0. The van der Waals surface area contributed by atoms with Crippen LogP contribution in [-0.2, 0) is 11.3 Å². The van der Waals surface area contributed by atoms with Crippen LogP contribution in [0.5, 0.6) is 0 Å². The number of amides is 1. The zero-order valence-electron chi connectivity index (χ0n) is 10.8. The molecule has 0 aliphatic carbocycles. The van der Waals surface area contributed by atoms with Gasteiger partial charge in [-0.25, -0.2) is 14.2 Å². The van der Waals surface area contributed by atoms with Crippen molar-refractivity contribution < 1.29 is 9.18 Å². The van der Waals surface area contributed by atoms with Gasteiger partial charge in [0.1, 0.15) is 5.82 Å². The maximum Gasteiger partial charge on any atom is 0.325 e. The summed E-state index contributed by atoms with van der Waals surface area (Å²) in [6.45, 7) is 0.127. The normalized spacial score (nSPS) is 10.7. The van der Waals surface area contributed by atoms with Gasteiger partial charge in [-0.15, -0.1) is 0 Å². The number of carbonyl (C=O) groups is 1. The van der Waals surface area contributed by atoms with Crippen LogP contribution in [0.4, 0.5) is 4.39 Å². The second-order valence-corrected chi connectivity index (χ2v) is 4.47. The number of aromatic nitrogens is 3. The van der Waals surface area contributed by atoms with Crippen LogP contribution in [0.15, 0.2) is 35.3 Å². The lowest BCUT2D eigenvalue weighted by Gasteiger charge is -2.06. The molecule has 0 saturated heterocycles. The third-order valence-electron chi connectivity index (χ3n) is 3.16. The van der Waals surface area contributed by atoms with E-state index in [0.717, 1.165) is 0 Å². The van der Waals surface area contributed by atoms with Crippen LogP contribution in [0.3, 0.4) is 0 Å². The highest BCUT2D eigenvalue weighted by atomic mass is 19.1. The van der Waals surface area contributed by atoms with Crippen molar-refractivity contribution in [3.8, 4) is 11.1 Å². The third kappa shape index (κ3) is 2.40. The van der Waals surface area contributed by atoms with Crippen molar-refractivity contribution in [1.82, 2.24) is 20.3 Å². The van der Waals surface area contributed by atoms with Crippen LogP contribution >= 0.6 is 0 Å². The van der Waals surface area contributed by atoms with Crippen LogP contribution in [0, 0.1) is 5.82 Å². The summed E-state index contributed by atoms with van der Waals surface area (Å²) in [5, 5.41) is 2.41. The molecule has 2 aromatic heterocycles. The molecule has 3 aromatic rings. The third-order valence-corrected chi connectivity index (χ3v) is 3.16. The van der Waals surface area contributed by atoms with Crippen molar-refractivity contribution in [1.29, 1.82) is 0 Å². The number of carbonyl (C=O) groups excluding carboxylic acids is 1. The number of fused-ring (bicyclic) bond motifs is 1. The largest absolute Gasteiger partial charge is 0.354 e. The number of hydrogen-bond donors (Lipinski definition) is 3. The molecule has 0 unspecified atom stereocenters. The fourth-order valence-electron chi connectivity index (χ4n) is 2.19. The van der Waals surface area contributed by atoms with E-state index in [2.05, 4.69) is 20.3 Å². The van der Waals surface area contributed by atoms with Gasteiger partial charge in [-0.05, 0) is 17.7 Å². The summed E-state index contributed by atoms with van der Waals surface area (Å²) in [5.74, 6) is -0.426. The Kier molecular flexibility index (Phi) is 3.23. The monoisotopic (exact) mass is 286 g/mol. The molecular formula is C14H11FN4O2. The van der Waals surface area contributed by atoms with E-state index in [1.165, 1.54) is 6.07 Å². The molecule has 21 heavy (non-hydrogen) atoms. The summed E-state index contributed by atoms with van der Waals surface area (Å²) in [6, 6.07) is 6.38. The van der Waals surface area contributed by atoms with Gasteiger partial charge in [-0.2, -0.15) is 0 Å². The molecular weight excluding hydrogens is 275 g/mol. The van der Waals surface area contributed by atoms with E-state index in [0.29, 0.717) is 34.3 Å². The van der Waals surface area contributed by atoms with Gasteiger partial charge in [0.2, 0.25) is 6.41 Å². The first-order valence-electron chi connectivity index (χ1n) is 6.22. The molecule has 1 amide bonds. The number of pyridine rings is 1. The minimum Gasteiger partial charge on any atom is -0.354 e. The predicted molar refractivity (Wildman–Crippen MR) is 75.0 cm³/mol. The van der Waals surface area contributed by atoms with Crippen molar-refractivity contribution in [2.24, 2.45) is 0 Å². The Labute approximate surface area is 118 Å².